The minimum Gasteiger partial charge on any atom is -0.317 e. The summed E-state index contributed by atoms with van der Waals surface area (Å²) in [5, 5.41) is 3.29. The molecule has 1 aliphatic heterocycles. The molecule has 3 nitrogen and oxygen atoms in total. The number of likely N-dealkylation sites (tertiary alicyclic amines) is 1. The first-order chi connectivity index (χ1) is 10.7. The van der Waals surface area contributed by atoms with Crippen molar-refractivity contribution in [1.82, 2.24) is 4.90 Å². The maximum absolute atomic E-state index is 13.7. The summed E-state index contributed by atoms with van der Waals surface area (Å²) in [7, 11) is 0. The Hall–Kier alpha value is -2.07. The molecular weight excluding hydrogens is 303 g/mol. The van der Waals surface area contributed by atoms with Crippen molar-refractivity contribution in [1.29, 1.82) is 0 Å². The Balaban J connectivity index is 1.80. The lowest BCUT2D eigenvalue weighted by atomic mass is 10.0. The molecule has 2 aromatic carbocycles. The van der Waals surface area contributed by atoms with Crippen LogP contribution in [0.5, 0.6) is 0 Å². The molecule has 1 saturated heterocycles. The van der Waals surface area contributed by atoms with E-state index in [1.807, 2.05) is 24.3 Å². The third-order valence-electron chi connectivity index (χ3n) is 3.89. The predicted molar refractivity (Wildman–Crippen MR) is 85.6 cm³/mol. The largest absolute Gasteiger partial charge is 0.322 e. The first-order valence-electron chi connectivity index (χ1n) is 7.23. The Kier molecular flexibility index (Phi) is 4.29. The number of benzene rings is 2. The summed E-state index contributed by atoms with van der Waals surface area (Å²) < 4.78 is 13.7. The smallest absolute Gasteiger partial charge is 0.317 e. The standard InChI is InChI=1S/C17H16ClFN2O/c18-13-7-2-1-6-12(13)16-10-5-11-21(16)17(22)20-15-9-4-3-8-14(15)19/h1-4,6-9,16H,5,10-11H2,(H,20,22)/t16-/m1/s1. The first-order valence-corrected chi connectivity index (χ1v) is 7.61. The molecule has 3 rings (SSSR count). The van der Waals surface area contributed by atoms with Gasteiger partial charge in [-0.3, -0.25) is 0 Å². The van der Waals surface area contributed by atoms with Crippen LogP contribution in [0.25, 0.3) is 0 Å². The zero-order valence-electron chi connectivity index (χ0n) is 11.9. The van der Waals surface area contributed by atoms with Crippen molar-refractivity contribution in [3.63, 3.8) is 0 Å². The molecule has 0 aromatic heterocycles. The van der Waals surface area contributed by atoms with Gasteiger partial charge in [-0.25, -0.2) is 9.18 Å². The number of rotatable bonds is 2. The number of carbonyl (C=O) groups excluding carboxylic acids is 1. The van der Waals surface area contributed by atoms with Crippen molar-refractivity contribution >= 4 is 23.3 Å². The molecule has 0 aliphatic carbocycles. The molecule has 1 atom stereocenters. The second-order valence-corrected chi connectivity index (χ2v) is 5.69. The minimum atomic E-state index is -0.440. The van der Waals surface area contributed by atoms with Crippen LogP contribution in [0.1, 0.15) is 24.4 Å². The van der Waals surface area contributed by atoms with Gasteiger partial charge in [-0.15, -0.1) is 0 Å². The second-order valence-electron chi connectivity index (χ2n) is 5.28. The van der Waals surface area contributed by atoms with Crippen LogP contribution in [0.15, 0.2) is 48.5 Å². The van der Waals surface area contributed by atoms with Gasteiger partial charge in [-0.2, -0.15) is 0 Å². The van der Waals surface area contributed by atoms with Gasteiger partial charge in [0.15, 0.2) is 0 Å². The number of carbonyl (C=O) groups is 1. The number of hydrogen-bond acceptors (Lipinski definition) is 1. The van der Waals surface area contributed by atoms with E-state index in [0.717, 1.165) is 18.4 Å². The third kappa shape index (κ3) is 2.92. The van der Waals surface area contributed by atoms with Gasteiger partial charge in [0.25, 0.3) is 0 Å². The topological polar surface area (TPSA) is 32.3 Å². The quantitative estimate of drug-likeness (QED) is 0.843. The fourth-order valence-electron chi connectivity index (χ4n) is 2.83. The lowest BCUT2D eigenvalue weighted by molar-refractivity contribution is 0.207. The van der Waals surface area contributed by atoms with Gasteiger partial charge in [-0.1, -0.05) is 41.9 Å². The molecule has 0 saturated carbocycles. The molecule has 0 spiro atoms. The summed E-state index contributed by atoms with van der Waals surface area (Å²) in [6.45, 7) is 0.635. The Morgan fingerprint density at radius 1 is 1.18 bits per heavy atom. The normalized spacial score (nSPS) is 17.5. The van der Waals surface area contributed by atoms with E-state index in [9.17, 15) is 9.18 Å². The zero-order chi connectivity index (χ0) is 15.5. The minimum absolute atomic E-state index is 0.0690. The van der Waals surface area contributed by atoms with Gasteiger partial charge < -0.3 is 10.2 Å². The molecule has 0 unspecified atom stereocenters. The average Bonchev–Trinajstić information content (AvgIpc) is 2.99. The predicted octanol–water partition coefficient (Wildman–Crippen LogP) is 4.85. The van der Waals surface area contributed by atoms with Crippen molar-refractivity contribution in [3.8, 4) is 0 Å². The number of urea groups is 1. The summed E-state index contributed by atoms with van der Waals surface area (Å²) in [5.41, 5.74) is 1.13. The van der Waals surface area contributed by atoms with Gasteiger partial charge in [-0.05, 0) is 36.6 Å². The molecule has 1 aliphatic rings. The number of nitrogens with zero attached hydrogens (tertiary/aromatic N) is 1. The fraction of sp³-hybridized carbons (Fsp3) is 0.235. The number of anilines is 1. The second kappa shape index (κ2) is 6.36. The lowest BCUT2D eigenvalue weighted by Crippen LogP contribution is -2.34. The Morgan fingerprint density at radius 2 is 1.91 bits per heavy atom. The fourth-order valence-corrected chi connectivity index (χ4v) is 3.09. The monoisotopic (exact) mass is 318 g/mol. The van der Waals surface area contributed by atoms with Gasteiger partial charge in [0.1, 0.15) is 5.82 Å². The van der Waals surface area contributed by atoms with Crippen molar-refractivity contribution in [2.24, 2.45) is 0 Å². The highest BCUT2D eigenvalue weighted by atomic mass is 35.5. The highest BCUT2D eigenvalue weighted by molar-refractivity contribution is 6.31. The van der Waals surface area contributed by atoms with Crippen LogP contribution in [-0.4, -0.2) is 17.5 Å². The van der Waals surface area contributed by atoms with Crippen molar-refractivity contribution in [2.75, 3.05) is 11.9 Å². The number of halogens is 2. The lowest BCUT2D eigenvalue weighted by Gasteiger charge is -2.26. The summed E-state index contributed by atoms with van der Waals surface area (Å²) in [5.74, 6) is -0.440. The highest BCUT2D eigenvalue weighted by Crippen LogP contribution is 2.36. The van der Waals surface area contributed by atoms with E-state index in [0.29, 0.717) is 11.6 Å². The molecule has 0 radical (unpaired) electrons. The Bertz CT molecular complexity index is 692. The number of amides is 2. The molecule has 1 heterocycles. The van der Waals surface area contributed by atoms with Crippen LogP contribution in [0.2, 0.25) is 5.02 Å². The van der Waals surface area contributed by atoms with Crippen LogP contribution < -0.4 is 5.32 Å². The zero-order valence-corrected chi connectivity index (χ0v) is 12.7. The average molecular weight is 319 g/mol. The van der Waals surface area contributed by atoms with Crippen molar-refractivity contribution in [3.05, 3.63) is 64.9 Å². The molecule has 22 heavy (non-hydrogen) atoms. The summed E-state index contributed by atoms with van der Waals surface area (Å²) in [4.78, 5) is 14.2. The van der Waals surface area contributed by atoms with E-state index in [1.165, 1.54) is 6.07 Å². The van der Waals surface area contributed by atoms with Gasteiger partial charge in [0, 0.05) is 11.6 Å². The number of nitrogens with one attached hydrogen (secondary N) is 1. The van der Waals surface area contributed by atoms with E-state index >= 15 is 0 Å². The van der Waals surface area contributed by atoms with Gasteiger partial charge in [0.05, 0.1) is 11.7 Å². The maximum atomic E-state index is 13.7. The van der Waals surface area contributed by atoms with E-state index in [4.69, 9.17) is 11.6 Å². The van der Waals surface area contributed by atoms with Crippen molar-refractivity contribution in [2.45, 2.75) is 18.9 Å². The summed E-state index contributed by atoms with van der Waals surface area (Å²) in [6.07, 6.45) is 1.76. The van der Waals surface area contributed by atoms with Crippen LogP contribution in [0.4, 0.5) is 14.9 Å². The van der Waals surface area contributed by atoms with E-state index in [1.54, 1.807) is 23.1 Å². The molecule has 1 N–H and O–H groups in total. The van der Waals surface area contributed by atoms with Crippen molar-refractivity contribution < 1.29 is 9.18 Å². The molecule has 1 fully saturated rings. The SMILES string of the molecule is O=C(Nc1ccccc1F)N1CCC[C@@H]1c1ccccc1Cl. The summed E-state index contributed by atoms with van der Waals surface area (Å²) in [6, 6.07) is 13.3. The van der Waals surface area contributed by atoms with Crippen LogP contribution in [-0.2, 0) is 0 Å². The third-order valence-corrected chi connectivity index (χ3v) is 4.24. The number of hydrogen-bond donors (Lipinski definition) is 1. The molecule has 5 heteroatoms. The Morgan fingerprint density at radius 3 is 2.68 bits per heavy atom. The summed E-state index contributed by atoms with van der Waals surface area (Å²) >= 11 is 6.24. The number of para-hydroxylation sites is 1. The first kappa shape index (κ1) is 14.9. The van der Waals surface area contributed by atoms with Crippen LogP contribution in [0.3, 0.4) is 0 Å². The van der Waals surface area contributed by atoms with E-state index < -0.39 is 5.82 Å². The molecule has 114 valence electrons. The Labute approximate surface area is 133 Å². The van der Waals surface area contributed by atoms with Gasteiger partial charge in [0.2, 0.25) is 0 Å². The van der Waals surface area contributed by atoms with E-state index in [-0.39, 0.29) is 17.8 Å². The van der Waals surface area contributed by atoms with Crippen LogP contribution >= 0.6 is 11.6 Å². The maximum Gasteiger partial charge on any atom is 0.322 e. The highest BCUT2D eigenvalue weighted by Gasteiger charge is 2.31. The molecular formula is C17H16ClFN2O. The molecule has 2 amide bonds. The van der Waals surface area contributed by atoms with E-state index in [2.05, 4.69) is 5.32 Å². The molecule has 2 aromatic rings. The van der Waals surface area contributed by atoms with Gasteiger partial charge >= 0.3 is 6.03 Å². The molecule has 0 bridgehead atoms. The van der Waals surface area contributed by atoms with Crippen LogP contribution in [0, 0.1) is 5.82 Å².